The fourth-order valence-electron chi connectivity index (χ4n) is 10.2. The quantitative estimate of drug-likeness (QED) is 0.157. The number of nitrogens with zero attached hydrogens (tertiary/aromatic N) is 3. The van der Waals surface area contributed by atoms with Gasteiger partial charge in [0.2, 0.25) is 0 Å². The van der Waals surface area contributed by atoms with Crippen molar-refractivity contribution in [2.24, 2.45) is 0 Å². The van der Waals surface area contributed by atoms with Crippen molar-refractivity contribution in [3.05, 3.63) is 241 Å². The van der Waals surface area contributed by atoms with Gasteiger partial charge in [-0.15, -0.1) is 0 Å². The number of para-hydroxylation sites is 1. The third kappa shape index (κ3) is 9.18. The van der Waals surface area contributed by atoms with Crippen LogP contribution in [0, 0.1) is 6.92 Å². The maximum atomic E-state index is 12.7. The lowest BCUT2D eigenvalue weighted by atomic mass is 9.79. The Balaban J connectivity index is 1.18. The van der Waals surface area contributed by atoms with Crippen molar-refractivity contribution in [3.8, 4) is 101 Å². The first-order chi connectivity index (χ1) is 35.3. The van der Waals surface area contributed by atoms with Crippen LogP contribution in [-0.4, -0.2) is 19.6 Å². The summed E-state index contributed by atoms with van der Waals surface area (Å²) in [7, 11) is 0. The van der Waals surface area contributed by atoms with E-state index in [1.807, 2.05) is 12.3 Å². The number of aryl methyl sites for hydroxylation is 1. The average molecular weight is 946 g/mol. The van der Waals surface area contributed by atoms with Crippen molar-refractivity contribution < 1.29 is 5.11 Å². The van der Waals surface area contributed by atoms with Gasteiger partial charge >= 0.3 is 0 Å². The van der Waals surface area contributed by atoms with Crippen LogP contribution in [0.15, 0.2) is 225 Å². The van der Waals surface area contributed by atoms with Crippen molar-refractivity contribution in [1.29, 1.82) is 0 Å². The van der Waals surface area contributed by atoms with Gasteiger partial charge in [-0.05, 0) is 139 Å². The summed E-state index contributed by atoms with van der Waals surface area (Å²) in [5.41, 5.74) is 21.1. The van der Waals surface area contributed by atoms with Gasteiger partial charge in [-0.1, -0.05) is 205 Å². The SMILES string of the molecule is Cc1cc(-c2ccccc2)c(-n2c(-c3cc(C(C)(C)C)cc(C(C)(C)C)c3O)nc3c(-c4cc(-c5ccccc5)cc(-c5cc(-c6ccc(-c7ccccc7)cc6)ccn5)c4)cccc32)cc1-c1ccccc1. The largest absolute Gasteiger partial charge is 0.507 e. The fourth-order valence-corrected chi connectivity index (χ4v) is 10.2. The second-order valence-electron chi connectivity index (χ2n) is 21.3. The summed E-state index contributed by atoms with van der Waals surface area (Å²) in [6.07, 6.45) is 1.92. The molecular weight excluding hydrogens is 887 g/mol. The predicted octanol–water partition coefficient (Wildman–Crippen LogP) is 18.4. The number of fused-ring (bicyclic) bond motifs is 1. The molecule has 0 atom stereocenters. The Morgan fingerprint density at radius 1 is 0.397 bits per heavy atom. The second kappa shape index (κ2) is 18.9. The van der Waals surface area contributed by atoms with Gasteiger partial charge in [0.15, 0.2) is 0 Å². The van der Waals surface area contributed by atoms with E-state index in [0.717, 1.165) is 94.7 Å². The summed E-state index contributed by atoms with van der Waals surface area (Å²) in [4.78, 5) is 10.8. The zero-order chi connectivity index (χ0) is 50.4. The van der Waals surface area contributed by atoms with E-state index in [0.29, 0.717) is 11.4 Å². The van der Waals surface area contributed by atoms with E-state index in [2.05, 4.69) is 265 Å². The standard InChI is InChI=1S/C69H59N3O/c1-45-37-59(51-27-18-11-19-28-51)64(44-58(45)50-25-16-10-17-26-50)72-63-30-20-29-57(65(63)71-67(72)60-42-56(68(2,3)4)43-61(66(60)73)69(5,6)7)54-38-53(47-23-14-9-15-24-47)39-55(40-54)62-41-52(35-36-70-62)49-33-31-48(32-34-49)46-21-12-8-13-22-46/h8-44,73H,1-7H3. The molecule has 0 saturated carbocycles. The number of imidazole rings is 1. The molecule has 0 spiro atoms. The molecule has 0 aliphatic rings. The van der Waals surface area contributed by atoms with Crippen molar-refractivity contribution >= 4 is 11.0 Å². The van der Waals surface area contributed by atoms with Crippen LogP contribution in [-0.2, 0) is 10.8 Å². The van der Waals surface area contributed by atoms with Gasteiger partial charge in [-0.25, -0.2) is 4.98 Å². The minimum absolute atomic E-state index is 0.213. The Labute approximate surface area is 430 Å². The van der Waals surface area contributed by atoms with Gasteiger partial charge in [-0.2, -0.15) is 0 Å². The first-order valence-electron chi connectivity index (χ1n) is 25.3. The monoisotopic (exact) mass is 945 g/mol. The molecule has 356 valence electrons. The molecule has 0 fully saturated rings. The normalized spacial score (nSPS) is 11.8. The van der Waals surface area contributed by atoms with E-state index in [1.165, 1.54) is 16.7 Å². The lowest BCUT2D eigenvalue weighted by Gasteiger charge is -2.28. The lowest BCUT2D eigenvalue weighted by molar-refractivity contribution is 0.446. The van der Waals surface area contributed by atoms with Crippen LogP contribution in [0.2, 0.25) is 0 Å². The molecule has 2 heterocycles. The van der Waals surface area contributed by atoms with Gasteiger partial charge in [0, 0.05) is 28.5 Å². The first kappa shape index (κ1) is 46.8. The summed E-state index contributed by atoms with van der Waals surface area (Å²) in [6, 6.07) is 77.7. The number of pyridine rings is 1. The Morgan fingerprint density at radius 3 is 1.53 bits per heavy atom. The Hall–Kier alpha value is -8.60. The lowest BCUT2D eigenvalue weighted by Crippen LogP contribution is -2.17. The van der Waals surface area contributed by atoms with Gasteiger partial charge < -0.3 is 5.11 Å². The molecule has 0 radical (unpaired) electrons. The van der Waals surface area contributed by atoms with Gasteiger partial charge in [0.1, 0.15) is 11.6 Å². The van der Waals surface area contributed by atoms with Crippen LogP contribution in [0.1, 0.15) is 58.2 Å². The van der Waals surface area contributed by atoms with Gasteiger partial charge in [0.05, 0.1) is 28.0 Å². The Bertz CT molecular complexity index is 3790. The molecule has 9 aromatic carbocycles. The molecule has 0 saturated heterocycles. The van der Waals surface area contributed by atoms with Crippen LogP contribution in [0.3, 0.4) is 0 Å². The number of phenols is 1. The molecule has 0 amide bonds. The van der Waals surface area contributed by atoms with E-state index < -0.39 is 0 Å². The molecule has 0 unspecified atom stereocenters. The summed E-state index contributed by atoms with van der Waals surface area (Å²) >= 11 is 0. The number of benzene rings is 9. The highest BCUT2D eigenvalue weighted by molar-refractivity contribution is 5.99. The summed E-state index contributed by atoms with van der Waals surface area (Å²) < 4.78 is 2.30. The predicted molar refractivity (Wildman–Crippen MR) is 306 cm³/mol. The number of aromatic hydroxyl groups is 1. The maximum Gasteiger partial charge on any atom is 0.149 e. The van der Waals surface area contributed by atoms with Crippen molar-refractivity contribution in [2.45, 2.75) is 59.3 Å². The zero-order valence-electron chi connectivity index (χ0n) is 42.7. The minimum atomic E-state index is -0.354. The zero-order valence-corrected chi connectivity index (χ0v) is 42.7. The topological polar surface area (TPSA) is 50.9 Å². The number of hydrogen-bond donors (Lipinski definition) is 1. The van der Waals surface area contributed by atoms with Crippen LogP contribution in [0.5, 0.6) is 5.75 Å². The molecule has 73 heavy (non-hydrogen) atoms. The van der Waals surface area contributed by atoms with Crippen LogP contribution < -0.4 is 0 Å². The van der Waals surface area contributed by atoms with Crippen molar-refractivity contribution in [1.82, 2.24) is 14.5 Å². The highest BCUT2D eigenvalue weighted by Gasteiger charge is 2.30. The molecule has 0 aliphatic carbocycles. The molecule has 4 nitrogen and oxygen atoms in total. The second-order valence-corrected chi connectivity index (χ2v) is 21.3. The smallest absolute Gasteiger partial charge is 0.149 e. The van der Waals surface area contributed by atoms with Crippen LogP contribution in [0.25, 0.3) is 106 Å². The van der Waals surface area contributed by atoms with Crippen molar-refractivity contribution in [3.63, 3.8) is 0 Å². The molecule has 4 heteroatoms. The number of phenolic OH excluding ortho intramolecular Hbond substituents is 1. The van der Waals surface area contributed by atoms with Crippen LogP contribution >= 0.6 is 0 Å². The average Bonchev–Trinajstić information content (AvgIpc) is 3.80. The van der Waals surface area contributed by atoms with Crippen LogP contribution in [0.4, 0.5) is 0 Å². The highest BCUT2D eigenvalue weighted by atomic mass is 16.3. The first-order valence-corrected chi connectivity index (χ1v) is 25.3. The van der Waals surface area contributed by atoms with Gasteiger partial charge in [0.25, 0.3) is 0 Å². The Kier molecular flexibility index (Phi) is 12.1. The summed E-state index contributed by atoms with van der Waals surface area (Å²) in [5, 5.41) is 12.7. The molecule has 2 aromatic heterocycles. The fraction of sp³-hybridized carbons (Fsp3) is 0.130. The third-order valence-corrected chi connectivity index (χ3v) is 14.2. The third-order valence-electron chi connectivity index (χ3n) is 14.2. The molecule has 1 N–H and O–H groups in total. The highest BCUT2D eigenvalue weighted by Crippen LogP contribution is 2.47. The molecular formula is C69H59N3O. The van der Waals surface area contributed by atoms with E-state index in [9.17, 15) is 5.11 Å². The molecule has 11 aromatic rings. The van der Waals surface area contributed by atoms with E-state index >= 15 is 0 Å². The number of rotatable bonds is 9. The van der Waals surface area contributed by atoms with E-state index in [1.54, 1.807) is 0 Å². The number of hydrogen-bond acceptors (Lipinski definition) is 3. The summed E-state index contributed by atoms with van der Waals surface area (Å²) in [6.45, 7) is 15.4. The molecule has 11 rings (SSSR count). The van der Waals surface area contributed by atoms with Crippen molar-refractivity contribution in [2.75, 3.05) is 0 Å². The molecule has 0 bridgehead atoms. The van der Waals surface area contributed by atoms with E-state index in [4.69, 9.17) is 9.97 Å². The Morgan fingerprint density at radius 2 is 0.932 bits per heavy atom. The number of aromatic nitrogens is 3. The maximum absolute atomic E-state index is 12.7. The minimum Gasteiger partial charge on any atom is -0.507 e. The summed E-state index contributed by atoms with van der Waals surface area (Å²) in [5.74, 6) is 0.910. The molecule has 0 aliphatic heterocycles. The van der Waals surface area contributed by atoms with E-state index in [-0.39, 0.29) is 16.6 Å². The van der Waals surface area contributed by atoms with Gasteiger partial charge in [-0.3, -0.25) is 9.55 Å².